The highest BCUT2D eigenvalue weighted by Gasteiger charge is 2.33. The third-order valence-electron chi connectivity index (χ3n) is 4.80. The first-order chi connectivity index (χ1) is 13.4. The second-order valence-electron chi connectivity index (χ2n) is 7.20. The Labute approximate surface area is 164 Å². The molecule has 0 saturated carbocycles. The number of ether oxygens (including phenoxy) is 1. The van der Waals surface area contributed by atoms with Gasteiger partial charge in [-0.25, -0.2) is 4.68 Å². The molecule has 0 bridgehead atoms. The molecule has 1 amide bonds. The molecule has 0 radical (unpaired) electrons. The molecule has 0 spiro atoms. The van der Waals surface area contributed by atoms with Crippen LogP contribution in [0.2, 0.25) is 0 Å². The number of benzene rings is 1. The van der Waals surface area contributed by atoms with Crippen LogP contribution in [0.25, 0.3) is 5.69 Å². The molecule has 28 heavy (non-hydrogen) atoms. The Hall–Kier alpha value is -2.90. The fraction of sp³-hybridized carbons (Fsp3) is 0.500. The van der Waals surface area contributed by atoms with E-state index in [2.05, 4.69) is 10.3 Å². The van der Waals surface area contributed by atoms with E-state index in [4.69, 9.17) is 9.84 Å². The number of likely N-dealkylation sites (tertiary alicyclic amines) is 1. The molecular weight excluding hydrogens is 360 g/mol. The molecule has 1 unspecified atom stereocenters. The van der Waals surface area contributed by atoms with Gasteiger partial charge in [-0.1, -0.05) is 12.1 Å². The molecule has 1 aromatic carbocycles. The van der Waals surface area contributed by atoms with Gasteiger partial charge in [0, 0.05) is 12.6 Å². The van der Waals surface area contributed by atoms with Crippen LogP contribution in [0, 0.1) is 0 Å². The molecular formula is C20H26N4O4. The van der Waals surface area contributed by atoms with Gasteiger partial charge in [-0.15, -0.1) is 5.10 Å². The van der Waals surface area contributed by atoms with E-state index >= 15 is 0 Å². The maximum atomic E-state index is 13.0. The van der Waals surface area contributed by atoms with Crippen LogP contribution in [-0.4, -0.2) is 55.6 Å². The second-order valence-corrected chi connectivity index (χ2v) is 7.20. The molecule has 1 saturated heterocycles. The quantitative estimate of drug-likeness (QED) is 0.786. The van der Waals surface area contributed by atoms with Gasteiger partial charge in [-0.3, -0.25) is 9.59 Å². The van der Waals surface area contributed by atoms with E-state index in [0.29, 0.717) is 30.8 Å². The van der Waals surface area contributed by atoms with Gasteiger partial charge in [0.15, 0.2) is 5.69 Å². The van der Waals surface area contributed by atoms with Crippen LogP contribution in [0.15, 0.2) is 24.3 Å². The average molecular weight is 386 g/mol. The van der Waals surface area contributed by atoms with Crippen LogP contribution in [0.5, 0.6) is 5.75 Å². The number of amides is 1. The molecule has 2 aromatic rings. The fourth-order valence-electron chi connectivity index (χ4n) is 3.58. The van der Waals surface area contributed by atoms with Crippen LogP contribution in [0.1, 0.15) is 56.2 Å². The van der Waals surface area contributed by atoms with Gasteiger partial charge in [0.2, 0.25) is 0 Å². The summed E-state index contributed by atoms with van der Waals surface area (Å²) in [6.07, 6.45) is 2.13. The van der Waals surface area contributed by atoms with E-state index < -0.39 is 5.97 Å². The summed E-state index contributed by atoms with van der Waals surface area (Å²) in [5.41, 5.74) is 1.80. The Morgan fingerprint density at radius 2 is 2.00 bits per heavy atom. The maximum Gasteiger partial charge on any atom is 0.305 e. The third-order valence-corrected chi connectivity index (χ3v) is 4.80. The zero-order valence-corrected chi connectivity index (χ0v) is 16.5. The van der Waals surface area contributed by atoms with Gasteiger partial charge < -0.3 is 14.7 Å². The van der Waals surface area contributed by atoms with Crippen molar-refractivity contribution in [1.29, 1.82) is 0 Å². The topological polar surface area (TPSA) is 97.5 Å². The Bertz CT molecular complexity index is 844. The minimum Gasteiger partial charge on any atom is -0.491 e. The van der Waals surface area contributed by atoms with Crippen molar-refractivity contribution in [2.24, 2.45) is 0 Å². The lowest BCUT2D eigenvalue weighted by Gasteiger charge is -2.22. The first-order valence-electron chi connectivity index (χ1n) is 9.65. The van der Waals surface area contributed by atoms with E-state index in [1.54, 1.807) is 9.58 Å². The van der Waals surface area contributed by atoms with E-state index in [9.17, 15) is 9.59 Å². The minimum absolute atomic E-state index is 0.0430. The van der Waals surface area contributed by atoms with Gasteiger partial charge >= 0.3 is 5.97 Å². The summed E-state index contributed by atoms with van der Waals surface area (Å²) in [7, 11) is 0. The zero-order valence-electron chi connectivity index (χ0n) is 16.5. The van der Waals surface area contributed by atoms with Crippen LogP contribution in [0.4, 0.5) is 0 Å². The lowest BCUT2D eigenvalue weighted by atomic mass is 10.1. The van der Waals surface area contributed by atoms with E-state index in [0.717, 1.165) is 17.9 Å². The van der Waals surface area contributed by atoms with Crippen LogP contribution in [0.3, 0.4) is 0 Å². The standard InChI is InChI=1S/C20H26N4O4/c1-4-17-19(20(27)23-11-5-6-15(23)12-18(25)26)21-22-24(17)14-7-9-16(10-8-14)28-13(2)3/h7-10,13,15H,4-6,11-12H2,1-3H3,(H,25,26). The SMILES string of the molecule is CCc1c(C(=O)N2CCCC2CC(=O)O)nnn1-c1ccc(OC(C)C)cc1. The normalized spacial score (nSPS) is 16.6. The van der Waals surface area contributed by atoms with Crippen molar-refractivity contribution >= 4 is 11.9 Å². The van der Waals surface area contributed by atoms with Crippen molar-refractivity contribution in [1.82, 2.24) is 19.9 Å². The van der Waals surface area contributed by atoms with Crippen molar-refractivity contribution in [3.05, 3.63) is 35.7 Å². The molecule has 8 nitrogen and oxygen atoms in total. The number of rotatable bonds is 7. The monoisotopic (exact) mass is 386 g/mol. The summed E-state index contributed by atoms with van der Waals surface area (Å²) < 4.78 is 7.32. The van der Waals surface area contributed by atoms with Crippen molar-refractivity contribution in [2.75, 3.05) is 6.54 Å². The predicted octanol–water partition coefficient (Wildman–Crippen LogP) is 2.70. The smallest absolute Gasteiger partial charge is 0.305 e. The molecule has 3 rings (SSSR count). The van der Waals surface area contributed by atoms with Crippen molar-refractivity contribution < 1.29 is 19.4 Å². The van der Waals surface area contributed by atoms with E-state index in [1.165, 1.54) is 0 Å². The molecule has 1 aliphatic heterocycles. The summed E-state index contributed by atoms with van der Waals surface area (Å²) in [4.78, 5) is 25.7. The summed E-state index contributed by atoms with van der Waals surface area (Å²) >= 11 is 0. The molecule has 1 aromatic heterocycles. The van der Waals surface area contributed by atoms with Crippen molar-refractivity contribution in [2.45, 2.75) is 58.6 Å². The third kappa shape index (κ3) is 4.16. The summed E-state index contributed by atoms with van der Waals surface area (Å²) in [5.74, 6) is -0.374. The van der Waals surface area contributed by atoms with Crippen LogP contribution in [-0.2, 0) is 11.2 Å². The van der Waals surface area contributed by atoms with Crippen LogP contribution >= 0.6 is 0 Å². The summed E-state index contributed by atoms with van der Waals surface area (Å²) in [5, 5.41) is 17.4. The zero-order chi connectivity index (χ0) is 20.3. The molecule has 8 heteroatoms. The lowest BCUT2D eigenvalue weighted by molar-refractivity contribution is -0.137. The highest BCUT2D eigenvalue weighted by molar-refractivity contribution is 5.94. The first kappa shape index (κ1) is 19.9. The molecule has 2 heterocycles. The van der Waals surface area contributed by atoms with Gasteiger partial charge in [0.25, 0.3) is 5.91 Å². The Morgan fingerprint density at radius 1 is 1.29 bits per heavy atom. The Balaban J connectivity index is 1.85. The number of nitrogens with zero attached hydrogens (tertiary/aromatic N) is 4. The number of aromatic nitrogens is 3. The van der Waals surface area contributed by atoms with E-state index in [-0.39, 0.29) is 24.5 Å². The molecule has 1 atom stereocenters. The number of carbonyl (C=O) groups excluding carboxylic acids is 1. The summed E-state index contributed by atoms with van der Waals surface area (Å²) in [6.45, 7) is 6.43. The minimum atomic E-state index is -0.896. The number of carbonyl (C=O) groups is 2. The lowest BCUT2D eigenvalue weighted by Crippen LogP contribution is -2.37. The molecule has 150 valence electrons. The first-order valence-corrected chi connectivity index (χ1v) is 9.65. The Kier molecular flexibility index (Phi) is 5.96. The van der Waals surface area contributed by atoms with Gasteiger partial charge in [0.05, 0.1) is 23.9 Å². The molecule has 1 N–H and O–H groups in total. The highest BCUT2D eigenvalue weighted by atomic mass is 16.5. The predicted molar refractivity (Wildman–Crippen MR) is 103 cm³/mol. The summed E-state index contributed by atoms with van der Waals surface area (Å²) in [6, 6.07) is 7.20. The van der Waals surface area contributed by atoms with Crippen LogP contribution < -0.4 is 4.74 Å². The molecule has 1 fully saturated rings. The van der Waals surface area contributed by atoms with E-state index in [1.807, 2.05) is 45.0 Å². The highest BCUT2D eigenvalue weighted by Crippen LogP contribution is 2.24. The second kappa shape index (κ2) is 8.41. The molecule has 0 aliphatic carbocycles. The average Bonchev–Trinajstić information content (AvgIpc) is 3.27. The Morgan fingerprint density at radius 3 is 2.61 bits per heavy atom. The maximum absolute atomic E-state index is 13.0. The number of carboxylic acids is 1. The number of carboxylic acid groups (broad SMARTS) is 1. The van der Waals surface area contributed by atoms with Crippen molar-refractivity contribution in [3.63, 3.8) is 0 Å². The van der Waals surface area contributed by atoms with Gasteiger partial charge in [-0.2, -0.15) is 0 Å². The van der Waals surface area contributed by atoms with Gasteiger partial charge in [0.1, 0.15) is 5.75 Å². The van der Waals surface area contributed by atoms with Crippen molar-refractivity contribution in [3.8, 4) is 11.4 Å². The molecule has 1 aliphatic rings. The number of hydrogen-bond acceptors (Lipinski definition) is 5. The fourth-order valence-corrected chi connectivity index (χ4v) is 3.58. The number of aliphatic carboxylic acids is 1. The largest absolute Gasteiger partial charge is 0.491 e. The van der Waals surface area contributed by atoms with Gasteiger partial charge in [-0.05, 0) is 57.4 Å². The number of hydrogen-bond donors (Lipinski definition) is 1.